The smallest absolute Gasteiger partial charge is 0.306 e. The number of hydrogen-bond donors (Lipinski definition) is 3. The first kappa shape index (κ1) is 15.7. The molecule has 116 valence electrons. The van der Waals surface area contributed by atoms with Crippen molar-refractivity contribution in [3.8, 4) is 5.75 Å². The van der Waals surface area contributed by atoms with Gasteiger partial charge in [-0.25, -0.2) is 13.1 Å². The highest BCUT2D eigenvalue weighted by Crippen LogP contribution is 2.36. The Bertz CT molecular complexity index is 606. The van der Waals surface area contributed by atoms with Crippen molar-refractivity contribution in [2.45, 2.75) is 29.7 Å². The van der Waals surface area contributed by atoms with E-state index in [0.29, 0.717) is 18.6 Å². The zero-order valence-electron chi connectivity index (χ0n) is 11.3. The SMILES string of the molecule is O=C(O)CCOc1ccc(S(=O)(=O)NC2(CO)CC2)cc1. The van der Waals surface area contributed by atoms with Crippen LogP contribution >= 0.6 is 0 Å². The third-order valence-corrected chi connectivity index (χ3v) is 4.82. The van der Waals surface area contributed by atoms with E-state index in [-0.39, 0.29) is 24.5 Å². The summed E-state index contributed by atoms with van der Waals surface area (Å²) in [5.74, 6) is -0.560. The van der Waals surface area contributed by atoms with Crippen molar-refractivity contribution in [1.29, 1.82) is 0 Å². The van der Waals surface area contributed by atoms with Crippen LogP contribution in [0.25, 0.3) is 0 Å². The maximum atomic E-state index is 12.1. The lowest BCUT2D eigenvalue weighted by Crippen LogP contribution is -2.39. The summed E-state index contributed by atoms with van der Waals surface area (Å²) in [7, 11) is -3.68. The monoisotopic (exact) mass is 315 g/mol. The molecule has 1 aromatic rings. The van der Waals surface area contributed by atoms with Crippen LogP contribution in [0.5, 0.6) is 5.75 Å². The van der Waals surface area contributed by atoms with Gasteiger partial charge in [-0.05, 0) is 37.1 Å². The topological polar surface area (TPSA) is 113 Å². The number of benzene rings is 1. The number of ether oxygens (including phenoxy) is 1. The molecule has 1 saturated carbocycles. The van der Waals surface area contributed by atoms with Crippen LogP contribution in [0.2, 0.25) is 0 Å². The minimum atomic E-state index is -3.68. The molecular weight excluding hydrogens is 298 g/mol. The number of sulfonamides is 1. The normalized spacial score (nSPS) is 16.4. The van der Waals surface area contributed by atoms with Gasteiger partial charge in [0.25, 0.3) is 0 Å². The predicted molar refractivity (Wildman–Crippen MR) is 73.6 cm³/mol. The van der Waals surface area contributed by atoms with Gasteiger partial charge in [0.2, 0.25) is 10.0 Å². The van der Waals surface area contributed by atoms with Crippen molar-refractivity contribution < 1.29 is 28.2 Å². The highest BCUT2D eigenvalue weighted by molar-refractivity contribution is 7.89. The van der Waals surface area contributed by atoms with Crippen LogP contribution in [0, 0.1) is 0 Å². The molecule has 1 aliphatic rings. The molecular formula is C13H17NO6S. The van der Waals surface area contributed by atoms with E-state index in [9.17, 15) is 13.2 Å². The minimum Gasteiger partial charge on any atom is -0.493 e. The Morgan fingerprint density at radius 3 is 2.38 bits per heavy atom. The lowest BCUT2D eigenvalue weighted by molar-refractivity contribution is -0.137. The Kier molecular flexibility index (Phi) is 4.50. The molecule has 0 saturated heterocycles. The number of carboxylic acid groups (broad SMARTS) is 1. The standard InChI is InChI=1S/C13H17NO6S/c15-9-13(6-7-13)14-21(18,19)11-3-1-10(2-4-11)20-8-5-12(16)17/h1-4,14-15H,5-9H2,(H,16,17). The van der Waals surface area contributed by atoms with Gasteiger partial charge in [0.1, 0.15) is 5.75 Å². The molecule has 1 aliphatic carbocycles. The maximum absolute atomic E-state index is 12.1. The summed E-state index contributed by atoms with van der Waals surface area (Å²) < 4.78 is 31.9. The van der Waals surface area contributed by atoms with Gasteiger partial charge in [0, 0.05) is 0 Å². The van der Waals surface area contributed by atoms with Crippen LogP contribution in [-0.2, 0) is 14.8 Å². The van der Waals surface area contributed by atoms with Gasteiger partial charge >= 0.3 is 5.97 Å². The summed E-state index contributed by atoms with van der Waals surface area (Å²) in [6.07, 6.45) is 1.12. The van der Waals surface area contributed by atoms with Gasteiger partial charge in [0.15, 0.2) is 0 Å². The van der Waals surface area contributed by atoms with Crippen molar-refractivity contribution in [3.63, 3.8) is 0 Å². The number of carbonyl (C=O) groups is 1. The Balaban J connectivity index is 1.99. The zero-order chi connectivity index (χ0) is 15.5. The molecule has 0 aliphatic heterocycles. The first-order valence-electron chi connectivity index (χ1n) is 6.46. The molecule has 8 heteroatoms. The average molecular weight is 315 g/mol. The van der Waals surface area contributed by atoms with Crippen LogP contribution in [0.1, 0.15) is 19.3 Å². The van der Waals surface area contributed by atoms with E-state index in [0.717, 1.165) is 0 Å². The highest BCUT2D eigenvalue weighted by atomic mass is 32.2. The second kappa shape index (κ2) is 6.00. The number of rotatable bonds is 8. The average Bonchev–Trinajstić information content (AvgIpc) is 3.18. The molecule has 0 aromatic heterocycles. The second-order valence-corrected chi connectivity index (χ2v) is 6.69. The predicted octanol–water partition coefficient (Wildman–Crippen LogP) is 0.343. The van der Waals surface area contributed by atoms with Crippen LogP contribution in [0.3, 0.4) is 0 Å². The molecule has 0 bridgehead atoms. The largest absolute Gasteiger partial charge is 0.493 e. The number of aliphatic hydroxyl groups excluding tert-OH is 1. The van der Waals surface area contributed by atoms with E-state index in [4.69, 9.17) is 14.9 Å². The minimum absolute atomic E-state index is 0.0211. The number of aliphatic carboxylic acids is 1. The lowest BCUT2D eigenvalue weighted by atomic mass is 10.3. The molecule has 1 aromatic carbocycles. The Hall–Kier alpha value is -1.64. The summed E-state index contributed by atoms with van der Waals surface area (Å²) in [4.78, 5) is 10.4. The fourth-order valence-corrected chi connectivity index (χ4v) is 3.21. The van der Waals surface area contributed by atoms with E-state index >= 15 is 0 Å². The molecule has 0 amide bonds. The van der Waals surface area contributed by atoms with Gasteiger partial charge in [0.05, 0.1) is 30.1 Å². The van der Waals surface area contributed by atoms with Gasteiger partial charge in [-0.2, -0.15) is 0 Å². The van der Waals surface area contributed by atoms with E-state index in [2.05, 4.69) is 4.72 Å². The molecule has 2 rings (SSSR count). The van der Waals surface area contributed by atoms with Crippen molar-refractivity contribution >= 4 is 16.0 Å². The number of nitrogens with one attached hydrogen (secondary N) is 1. The first-order valence-corrected chi connectivity index (χ1v) is 7.95. The maximum Gasteiger partial charge on any atom is 0.306 e. The molecule has 0 spiro atoms. The zero-order valence-corrected chi connectivity index (χ0v) is 12.1. The molecule has 0 heterocycles. The third kappa shape index (κ3) is 4.16. The molecule has 21 heavy (non-hydrogen) atoms. The summed E-state index contributed by atoms with van der Waals surface area (Å²) in [6, 6.07) is 5.70. The number of carboxylic acids is 1. The molecule has 0 atom stereocenters. The highest BCUT2D eigenvalue weighted by Gasteiger charge is 2.45. The van der Waals surface area contributed by atoms with Gasteiger partial charge < -0.3 is 14.9 Å². The van der Waals surface area contributed by atoms with Crippen molar-refractivity contribution in [3.05, 3.63) is 24.3 Å². The van der Waals surface area contributed by atoms with Crippen molar-refractivity contribution in [2.24, 2.45) is 0 Å². The Morgan fingerprint density at radius 2 is 1.90 bits per heavy atom. The van der Waals surface area contributed by atoms with Gasteiger partial charge in [-0.1, -0.05) is 0 Å². The summed E-state index contributed by atoms with van der Waals surface area (Å²) in [6.45, 7) is -0.198. The van der Waals surface area contributed by atoms with Crippen LogP contribution < -0.4 is 9.46 Å². The summed E-state index contributed by atoms with van der Waals surface area (Å²) in [5, 5.41) is 17.6. The molecule has 0 radical (unpaired) electrons. The van der Waals surface area contributed by atoms with Crippen LogP contribution in [-0.4, -0.2) is 43.4 Å². The van der Waals surface area contributed by atoms with Crippen molar-refractivity contribution in [2.75, 3.05) is 13.2 Å². The van der Waals surface area contributed by atoms with Crippen LogP contribution in [0.15, 0.2) is 29.2 Å². The fourth-order valence-electron chi connectivity index (χ4n) is 1.76. The van der Waals surface area contributed by atoms with Gasteiger partial charge in [-0.3, -0.25) is 4.79 Å². The number of hydrogen-bond acceptors (Lipinski definition) is 5. The molecule has 7 nitrogen and oxygen atoms in total. The van der Waals surface area contributed by atoms with E-state index < -0.39 is 21.5 Å². The van der Waals surface area contributed by atoms with E-state index in [1.54, 1.807) is 0 Å². The first-order chi connectivity index (χ1) is 9.87. The summed E-state index contributed by atoms with van der Waals surface area (Å²) in [5.41, 5.74) is -0.713. The van der Waals surface area contributed by atoms with Crippen molar-refractivity contribution in [1.82, 2.24) is 4.72 Å². The summed E-state index contributed by atoms with van der Waals surface area (Å²) >= 11 is 0. The van der Waals surface area contributed by atoms with E-state index in [1.807, 2.05) is 0 Å². The second-order valence-electron chi connectivity index (χ2n) is 5.01. The molecule has 1 fully saturated rings. The lowest BCUT2D eigenvalue weighted by Gasteiger charge is -2.14. The third-order valence-electron chi connectivity index (χ3n) is 3.23. The Labute approximate surface area is 122 Å². The molecule has 3 N–H and O–H groups in total. The Morgan fingerprint density at radius 1 is 1.29 bits per heavy atom. The quantitative estimate of drug-likeness (QED) is 0.638. The fraction of sp³-hybridized carbons (Fsp3) is 0.462. The van der Waals surface area contributed by atoms with Gasteiger partial charge in [-0.15, -0.1) is 0 Å². The van der Waals surface area contributed by atoms with Crippen LogP contribution in [0.4, 0.5) is 0 Å². The molecule has 0 unspecified atom stereocenters. The number of aliphatic hydroxyl groups is 1. The van der Waals surface area contributed by atoms with E-state index in [1.165, 1.54) is 24.3 Å².